The molecule has 3 nitrogen and oxygen atoms in total. The third-order valence-corrected chi connectivity index (χ3v) is 10.3. The quantitative estimate of drug-likeness (QED) is 0.363. The molecule has 5 heteroatoms. The van der Waals surface area contributed by atoms with Gasteiger partial charge < -0.3 is 9.63 Å². The number of phenols is 1. The van der Waals surface area contributed by atoms with Crippen LogP contribution in [-0.4, -0.2) is 28.5 Å². The molecule has 4 atom stereocenters. The summed E-state index contributed by atoms with van der Waals surface area (Å²) >= 11 is 0. The second kappa shape index (κ2) is 11.2. The molecule has 3 rings (SSSR count). The summed E-state index contributed by atoms with van der Waals surface area (Å²) in [6.45, 7) is 35.9. The minimum atomic E-state index is -0.211. The minimum Gasteiger partial charge on any atom is -0.507 e. The van der Waals surface area contributed by atoms with E-state index in [1.807, 2.05) is 0 Å². The molecule has 0 saturated carbocycles. The van der Waals surface area contributed by atoms with Crippen molar-refractivity contribution in [1.82, 2.24) is 4.67 Å². The fourth-order valence-electron chi connectivity index (χ4n) is 6.10. The molecule has 2 aromatic carbocycles. The molecule has 0 aromatic heterocycles. The van der Waals surface area contributed by atoms with Crippen LogP contribution in [0.15, 0.2) is 12.1 Å². The van der Waals surface area contributed by atoms with E-state index in [0.29, 0.717) is 17.3 Å². The Morgan fingerprint density at radius 1 is 0.725 bits per heavy atom. The van der Waals surface area contributed by atoms with Crippen molar-refractivity contribution in [2.24, 2.45) is 5.92 Å². The van der Waals surface area contributed by atoms with Crippen LogP contribution >= 0.6 is 18.2 Å². The fourth-order valence-corrected chi connectivity index (χ4v) is 7.77. The largest absolute Gasteiger partial charge is 0.507 e. The first-order valence-electron chi connectivity index (χ1n) is 15.0. The maximum Gasteiger partial charge on any atom is 0.149 e. The van der Waals surface area contributed by atoms with Crippen LogP contribution in [-0.2, 0) is 21.7 Å². The van der Waals surface area contributed by atoms with Gasteiger partial charge in [0.25, 0.3) is 0 Å². The first-order valence-corrected chi connectivity index (χ1v) is 16.5. The topological polar surface area (TPSA) is 32.7 Å². The lowest BCUT2D eigenvalue weighted by atomic mass is 9.72. The predicted molar refractivity (Wildman–Crippen MR) is 181 cm³/mol. The van der Waals surface area contributed by atoms with Gasteiger partial charge in [-0.15, -0.1) is 9.24 Å². The highest BCUT2D eigenvalue weighted by atomic mass is 31.1. The summed E-state index contributed by atoms with van der Waals surface area (Å²) in [5.74, 6) is 1.96. The Hall–Kier alpha value is -1.14. The molecule has 1 aliphatic heterocycles. The second-order valence-corrected chi connectivity index (χ2v) is 18.2. The van der Waals surface area contributed by atoms with Crippen LogP contribution in [0.3, 0.4) is 0 Å². The first-order chi connectivity index (χ1) is 18.0. The summed E-state index contributed by atoms with van der Waals surface area (Å²) in [6.07, 6.45) is 0. The number of hydrogen-bond acceptors (Lipinski definition) is 3. The van der Waals surface area contributed by atoms with E-state index in [4.69, 9.17) is 4.52 Å². The van der Waals surface area contributed by atoms with Crippen molar-refractivity contribution in [3.05, 3.63) is 45.5 Å². The predicted octanol–water partition coefficient (Wildman–Crippen LogP) is 9.95. The lowest BCUT2D eigenvalue weighted by molar-refractivity contribution is 0.444. The van der Waals surface area contributed by atoms with Gasteiger partial charge in [0, 0.05) is 35.3 Å². The molecule has 2 aromatic rings. The smallest absolute Gasteiger partial charge is 0.149 e. The Bertz CT molecular complexity index is 1200. The van der Waals surface area contributed by atoms with Crippen LogP contribution in [0.2, 0.25) is 0 Å². The van der Waals surface area contributed by atoms with Crippen molar-refractivity contribution >= 4 is 18.2 Å². The van der Waals surface area contributed by atoms with Crippen molar-refractivity contribution in [2.75, 3.05) is 13.1 Å². The maximum absolute atomic E-state index is 12.2. The van der Waals surface area contributed by atoms with Crippen molar-refractivity contribution in [1.29, 1.82) is 0 Å². The molecule has 224 valence electrons. The van der Waals surface area contributed by atoms with Gasteiger partial charge in [0.15, 0.2) is 0 Å². The molecule has 3 unspecified atom stereocenters. The molecule has 0 aliphatic carbocycles. The standard InChI is InChI=1S/C35H57NO2P2/c1-20-18-36(19-27(20)39)40-38-31-26(35(13,14)15)17-24(33(7,8)9)22(3)29(31)28-21(2)23(32(4,5)6)16-25(30(28)37)34(10,11)12/h16-17,20,27,37,40H,18-19,39H2,1-15H3/t20?,27-/m1/s1. The molecule has 0 amide bonds. The van der Waals surface area contributed by atoms with Crippen LogP contribution < -0.4 is 4.52 Å². The van der Waals surface area contributed by atoms with E-state index in [2.05, 4.69) is 130 Å². The molecular formula is C35H57NO2P2. The summed E-state index contributed by atoms with van der Waals surface area (Å²) in [6, 6.07) is 4.63. The van der Waals surface area contributed by atoms with E-state index in [9.17, 15) is 5.11 Å². The molecule has 40 heavy (non-hydrogen) atoms. The zero-order chi connectivity index (χ0) is 30.7. The average molecular weight is 586 g/mol. The molecule has 1 fully saturated rings. The van der Waals surface area contributed by atoms with Gasteiger partial charge in [-0.05, 0) is 69.3 Å². The lowest BCUT2D eigenvalue weighted by Gasteiger charge is -2.34. The van der Waals surface area contributed by atoms with Gasteiger partial charge in [0.2, 0.25) is 0 Å². The van der Waals surface area contributed by atoms with Crippen LogP contribution in [0.4, 0.5) is 0 Å². The Labute approximate surface area is 250 Å². The highest BCUT2D eigenvalue weighted by molar-refractivity contribution is 7.30. The number of rotatable bonds is 4. The molecule has 1 saturated heterocycles. The maximum atomic E-state index is 12.2. The van der Waals surface area contributed by atoms with Gasteiger partial charge in [-0.3, -0.25) is 4.67 Å². The summed E-state index contributed by atoms with van der Waals surface area (Å²) in [5.41, 5.74) is 9.22. The number of benzene rings is 2. The molecule has 0 bridgehead atoms. The third kappa shape index (κ3) is 6.74. The molecule has 0 radical (unpaired) electrons. The van der Waals surface area contributed by atoms with Crippen molar-refractivity contribution in [2.45, 2.75) is 131 Å². The summed E-state index contributed by atoms with van der Waals surface area (Å²) < 4.78 is 9.42. The number of phenolic OH excluding ortho intramolecular Hbond substituents is 1. The van der Waals surface area contributed by atoms with Crippen molar-refractivity contribution in [3.8, 4) is 22.6 Å². The van der Waals surface area contributed by atoms with E-state index < -0.39 is 0 Å². The SMILES string of the molecule is Cc1c(C(C)(C)C)cc(C(C)(C)C)c(O)c1-c1c(C)c(C(C)(C)C)cc(C(C)(C)C)c1OPN1CC(C)[C@H](P)C1. The van der Waals surface area contributed by atoms with Crippen molar-refractivity contribution in [3.63, 3.8) is 0 Å². The summed E-state index contributed by atoms with van der Waals surface area (Å²) in [4.78, 5) is 0. The number of hydrogen-bond donors (Lipinski definition) is 1. The molecule has 1 N–H and O–H groups in total. The van der Waals surface area contributed by atoms with Crippen LogP contribution in [0.25, 0.3) is 11.1 Å². The second-order valence-electron chi connectivity index (χ2n) is 16.4. The van der Waals surface area contributed by atoms with Gasteiger partial charge in [0.1, 0.15) is 20.5 Å². The van der Waals surface area contributed by atoms with Crippen LogP contribution in [0.5, 0.6) is 11.5 Å². The Morgan fingerprint density at radius 2 is 1.15 bits per heavy atom. The fraction of sp³-hybridized carbons (Fsp3) is 0.657. The normalized spacial score (nSPS) is 19.7. The lowest BCUT2D eigenvalue weighted by Crippen LogP contribution is -2.22. The molecule has 1 aliphatic rings. The van der Waals surface area contributed by atoms with Gasteiger partial charge >= 0.3 is 0 Å². The Kier molecular flexibility index (Phi) is 9.32. The van der Waals surface area contributed by atoms with Gasteiger partial charge in [-0.25, -0.2) is 0 Å². The Balaban J connectivity index is 2.49. The van der Waals surface area contributed by atoms with Gasteiger partial charge in [-0.1, -0.05) is 102 Å². The zero-order valence-electron chi connectivity index (χ0n) is 28.1. The molecular weight excluding hydrogens is 528 g/mol. The van der Waals surface area contributed by atoms with E-state index in [1.54, 1.807) is 0 Å². The van der Waals surface area contributed by atoms with E-state index >= 15 is 0 Å². The molecule has 1 heterocycles. The van der Waals surface area contributed by atoms with Gasteiger partial charge in [-0.2, -0.15) is 0 Å². The molecule has 0 spiro atoms. The monoisotopic (exact) mass is 585 g/mol. The average Bonchev–Trinajstić information content (AvgIpc) is 3.07. The highest BCUT2D eigenvalue weighted by Crippen LogP contribution is 2.53. The summed E-state index contributed by atoms with van der Waals surface area (Å²) in [5, 5.41) is 12.2. The van der Waals surface area contributed by atoms with Crippen LogP contribution in [0, 0.1) is 19.8 Å². The van der Waals surface area contributed by atoms with Crippen molar-refractivity contribution < 1.29 is 9.63 Å². The van der Waals surface area contributed by atoms with E-state index in [-0.39, 0.29) is 30.6 Å². The Morgan fingerprint density at radius 3 is 1.55 bits per heavy atom. The van der Waals surface area contributed by atoms with E-state index in [0.717, 1.165) is 41.1 Å². The van der Waals surface area contributed by atoms with E-state index in [1.165, 1.54) is 22.3 Å². The summed E-state index contributed by atoms with van der Waals surface area (Å²) in [7, 11) is 3.25. The minimum absolute atomic E-state index is 0.0608. The van der Waals surface area contributed by atoms with Crippen LogP contribution in [0.1, 0.15) is 123 Å². The number of nitrogens with zero attached hydrogens (tertiary/aromatic N) is 1. The van der Waals surface area contributed by atoms with Gasteiger partial charge in [0.05, 0.1) is 0 Å². The zero-order valence-corrected chi connectivity index (χ0v) is 30.3. The third-order valence-electron chi connectivity index (χ3n) is 8.53. The highest BCUT2D eigenvalue weighted by Gasteiger charge is 2.35. The number of aromatic hydroxyl groups is 1. The first kappa shape index (κ1) is 33.4.